The number of benzene rings is 3. The molecule has 1 fully saturated rings. The summed E-state index contributed by atoms with van der Waals surface area (Å²) in [6, 6.07) is 21.3. The Morgan fingerprint density at radius 1 is 0.872 bits per heavy atom. The Morgan fingerprint density at radius 2 is 1.60 bits per heavy atom. The van der Waals surface area contributed by atoms with Crippen LogP contribution in [-0.4, -0.2) is 71.3 Å². The molecule has 0 unspecified atom stereocenters. The van der Waals surface area contributed by atoms with Gasteiger partial charge in [0, 0.05) is 76.4 Å². The molecule has 0 radical (unpaired) electrons. The number of amides is 3. The van der Waals surface area contributed by atoms with Gasteiger partial charge in [0.25, 0.3) is 17.7 Å². The lowest BCUT2D eigenvalue weighted by Gasteiger charge is -2.53. The van der Waals surface area contributed by atoms with Gasteiger partial charge in [0.1, 0.15) is 0 Å². The van der Waals surface area contributed by atoms with Crippen LogP contribution in [0.2, 0.25) is 0 Å². The Kier molecular flexibility index (Phi) is 8.05. The zero-order valence-electron chi connectivity index (χ0n) is 27.3. The van der Waals surface area contributed by atoms with Gasteiger partial charge in [-0.25, -0.2) is 4.98 Å². The van der Waals surface area contributed by atoms with E-state index in [2.05, 4.69) is 37.0 Å². The second-order valence-electron chi connectivity index (χ2n) is 13.2. The van der Waals surface area contributed by atoms with E-state index in [1.807, 2.05) is 72.9 Å². The van der Waals surface area contributed by atoms with Gasteiger partial charge in [-0.15, -0.1) is 0 Å². The second kappa shape index (κ2) is 12.3. The molecule has 7 rings (SSSR count). The predicted octanol–water partition coefficient (Wildman–Crippen LogP) is 4.65. The van der Waals surface area contributed by atoms with Crippen LogP contribution in [0.3, 0.4) is 0 Å². The first kappa shape index (κ1) is 30.7. The first-order valence-corrected chi connectivity index (χ1v) is 16.4. The van der Waals surface area contributed by atoms with E-state index in [4.69, 9.17) is 0 Å². The first-order chi connectivity index (χ1) is 22.7. The molecule has 0 saturated heterocycles. The van der Waals surface area contributed by atoms with E-state index in [9.17, 15) is 14.4 Å². The van der Waals surface area contributed by atoms with Crippen molar-refractivity contribution in [3.05, 3.63) is 112 Å². The molecular weight excluding hydrogens is 590 g/mol. The number of hydrogen-bond acceptors (Lipinski definition) is 6. The fourth-order valence-electron chi connectivity index (χ4n) is 7.18. The number of carbonyl (C=O) groups is 3. The van der Waals surface area contributed by atoms with Crippen molar-refractivity contribution in [2.75, 3.05) is 44.4 Å². The van der Waals surface area contributed by atoms with Crippen LogP contribution in [0.15, 0.2) is 72.9 Å². The van der Waals surface area contributed by atoms with Crippen molar-refractivity contribution in [1.29, 1.82) is 0 Å². The largest absolute Gasteiger partial charge is 0.374 e. The molecule has 1 saturated carbocycles. The summed E-state index contributed by atoms with van der Waals surface area (Å²) in [6.45, 7) is 3.62. The summed E-state index contributed by atoms with van der Waals surface area (Å²) in [5, 5.41) is 6.03. The highest BCUT2D eigenvalue weighted by molar-refractivity contribution is 6.04. The van der Waals surface area contributed by atoms with Gasteiger partial charge in [-0.3, -0.25) is 19.3 Å². The molecule has 0 bridgehead atoms. The van der Waals surface area contributed by atoms with Crippen molar-refractivity contribution in [2.24, 2.45) is 0 Å². The fourth-order valence-corrected chi connectivity index (χ4v) is 7.18. The summed E-state index contributed by atoms with van der Waals surface area (Å²) in [4.78, 5) is 49.5. The molecule has 1 spiro atoms. The molecule has 1 aliphatic carbocycles. The van der Waals surface area contributed by atoms with Gasteiger partial charge in [0.2, 0.25) is 0 Å². The molecule has 242 valence electrons. The summed E-state index contributed by atoms with van der Waals surface area (Å²) >= 11 is 0. The quantitative estimate of drug-likeness (QED) is 0.294. The highest BCUT2D eigenvalue weighted by Gasteiger charge is 2.49. The van der Waals surface area contributed by atoms with Crippen molar-refractivity contribution < 1.29 is 14.4 Å². The molecule has 10 heteroatoms. The molecule has 3 aliphatic rings. The highest BCUT2D eigenvalue weighted by atomic mass is 16.2. The average Bonchev–Trinajstić information content (AvgIpc) is 3.66. The molecule has 47 heavy (non-hydrogen) atoms. The molecule has 4 aromatic rings. The minimum atomic E-state index is -0.194. The van der Waals surface area contributed by atoms with Gasteiger partial charge in [-0.05, 0) is 84.8 Å². The Labute approximate surface area is 275 Å². The third-order valence-corrected chi connectivity index (χ3v) is 10.0. The van der Waals surface area contributed by atoms with E-state index in [0.717, 1.165) is 56.6 Å². The van der Waals surface area contributed by atoms with Crippen LogP contribution in [0.5, 0.6) is 0 Å². The number of hydrogen-bond donors (Lipinski definition) is 2. The monoisotopic (exact) mass is 631 g/mol. The van der Waals surface area contributed by atoms with E-state index in [-0.39, 0.29) is 23.3 Å². The minimum absolute atomic E-state index is 0.000150. The molecule has 2 aliphatic heterocycles. The van der Waals surface area contributed by atoms with Gasteiger partial charge < -0.3 is 25.0 Å². The zero-order valence-corrected chi connectivity index (χ0v) is 27.3. The topological polar surface area (TPSA) is 103 Å². The van der Waals surface area contributed by atoms with Gasteiger partial charge in [-0.1, -0.05) is 24.3 Å². The van der Waals surface area contributed by atoms with Crippen LogP contribution in [0.25, 0.3) is 0 Å². The van der Waals surface area contributed by atoms with E-state index >= 15 is 0 Å². The lowest BCUT2D eigenvalue weighted by Crippen LogP contribution is -2.56. The predicted molar refractivity (Wildman–Crippen MR) is 182 cm³/mol. The van der Waals surface area contributed by atoms with Crippen molar-refractivity contribution in [3.63, 3.8) is 0 Å². The highest BCUT2D eigenvalue weighted by Crippen LogP contribution is 2.49. The summed E-state index contributed by atoms with van der Waals surface area (Å²) in [5.41, 5.74) is 7.51. The Hall–Kier alpha value is -4.96. The Morgan fingerprint density at radius 3 is 2.30 bits per heavy atom. The number of carbonyl (C=O) groups excluding carboxylic acids is 3. The normalized spacial score (nSPS) is 16.3. The number of aromatic nitrogens is 2. The summed E-state index contributed by atoms with van der Waals surface area (Å²) in [6.07, 6.45) is 6.04. The van der Waals surface area contributed by atoms with E-state index in [1.165, 1.54) is 16.8 Å². The summed E-state index contributed by atoms with van der Waals surface area (Å²) in [7, 11) is 5.59. The molecular formula is C37H41N7O3. The van der Waals surface area contributed by atoms with Gasteiger partial charge in [-0.2, -0.15) is 0 Å². The van der Waals surface area contributed by atoms with Crippen molar-refractivity contribution in [1.82, 2.24) is 24.7 Å². The Bertz CT molecular complexity index is 1820. The SMILES string of the molecule is CN(C)C(=O)c1ccc(CN2CCn3c(cnc3C(=O)NCc3ccc(NC(=O)c4ccc5c(c4)CCN5C)cc3)C23CCC3)cc1. The van der Waals surface area contributed by atoms with Gasteiger partial charge in [0.05, 0.1) is 17.4 Å². The smallest absolute Gasteiger partial charge is 0.287 e. The maximum atomic E-state index is 13.3. The van der Waals surface area contributed by atoms with Crippen molar-refractivity contribution >= 4 is 29.1 Å². The zero-order chi connectivity index (χ0) is 32.7. The van der Waals surface area contributed by atoms with Crippen LogP contribution in [0.4, 0.5) is 11.4 Å². The van der Waals surface area contributed by atoms with E-state index in [1.54, 1.807) is 19.0 Å². The molecule has 2 N–H and O–H groups in total. The van der Waals surface area contributed by atoms with Crippen LogP contribution in [-0.2, 0) is 31.6 Å². The number of nitrogens with zero attached hydrogens (tertiary/aromatic N) is 5. The maximum absolute atomic E-state index is 13.3. The van der Waals surface area contributed by atoms with E-state index in [0.29, 0.717) is 35.7 Å². The maximum Gasteiger partial charge on any atom is 0.287 e. The molecule has 0 atom stereocenters. The number of anilines is 2. The molecule has 3 amide bonds. The van der Waals surface area contributed by atoms with Gasteiger partial charge >= 0.3 is 0 Å². The average molecular weight is 632 g/mol. The second-order valence-corrected chi connectivity index (χ2v) is 13.2. The Balaban J connectivity index is 0.966. The minimum Gasteiger partial charge on any atom is -0.374 e. The lowest BCUT2D eigenvalue weighted by atomic mass is 9.72. The molecule has 3 heterocycles. The third-order valence-electron chi connectivity index (χ3n) is 10.0. The van der Waals surface area contributed by atoms with E-state index < -0.39 is 0 Å². The number of likely N-dealkylation sites (N-methyl/N-ethyl adjacent to an activating group) is 1. The van der Waals surface area contributed by atoms with Crippen molar-refractivity contribution in [2.45, 2.75) is 50.9 Å². The third kappa shape index (κ3) is 5.78. The van der Waals surface area contributed by atoms with Gasteiger partial charge in [0.15, 0.2) is 5.82 Å². The summed E-state index contributed by atoms with van der Waals surface area (Å²) in [5.74, 6) is 0.117. The number of nitrogens with one attached hydrogen (secondary N) is 2. The van der Waals surface area contributed by atoms with Crippen molar-refractivity contribution in [3.8, 4) is 0 Å². The standard InChI is InChI=1S/C37H41N7O3/c1-41(2)36(47)27-9-5-26(6-10-27)24-43-19-20-44-32(37(43)16-4-17-37)23-38-33(44)35(46)39-22-25-7-12-30(13-8-25)40-34(45)29-11-14-31-28(21-29)15-18-42(31)3/h5-14,21,23H,4,15-20,22,24H2,1-3H3,(H,39,46)(H,40,45). The molecule has 3 aromatic carbocycles. The molecule has 10 nitrogen and oxygen atoms in total. The number of imidazole rings is 1. The van der Waals surface area contributed by atoms with Crippen LogP contribution in [0, 0.1) is 0 Å². The van der Waals surface area contributed by atoms with Crippen LogP contribution in [0.1, 0.15) is 73.0 Å². The lowest BCUT2D eigenvalue weighted by molar-refractivity contribution is -0.0217. The number of fused-ring (bicyclic) bond motifs is 3. The number of rotatable bonds is 8. The van der Waals surface area contributed by atoms with Crippen LogP contribution >= 0.6 is 0 Å². The summed E-state index contributed by atoms with van der Waals surface area (Å²) < 4.78 is 2.10. The fraction of sp³-hybridized carbons (Fsp3) is 0.351. The molecule has 1 aromatic heterocycles. The van der Waals surface area contributed by atoms with Crippen LogP contribution < -0.4 is 15.5 Å². The first-order valence-electron chi connectivity index (χ1n) is 16.4.